The molecule has 0 saturated heterocycles. The summed E-state index contributed by atoms with van der Waals surface area (Å²) in [6.07, 6.45) is 1.82. The second-order valence-corrected chi connectivity index (χ2v) is 5.84. The van der Waals surface area contributed by atoms with Gasteiger partial charge in [-0.05, 0) is 32.4 Å². The molecule has 0 fully saturated rings. The summed E-state index contributed by atoms with van der Waals surface area (Å²) in [6, 6.07) is 6.86. The van der Waals surface area contributed by atoms with E-state index in [0.29, 0.717) is 4.90 Å². The molecule has 0 aliphatic rings. The van der Waals surface area contributed by atoms with E-state index in [9.17, 15) is 8.42 Å². The van der Waals surface area contributed by atoms with Crippen molar-refractivity contribution in [2.45, 2.75) is 44.6 Å². The summed E-state index contributed by atoms with van der Waals surface area (Å²) in [6.45, 7) is 5.86. The highest BCUT2D eigenvalue weighted by atomic mass is 32.2. The van der Waals surface area contributed by atoms with Gasteiger partial charge in [-0.2, -0.15) is 0 Å². The lowest BCUT2D eigenvalue weighted by atomic mass is 10.2. The molecule has 0 radical (unpaired) electrons. The van der Waals surface area contributed by atoms with Crippen LogP contribution in [0.15, 0.2) is 29.2 Å². The summed E-state index contributed by atoms with van der Waals surface area (Å²) < 4.78 is 26.5. The maximum absolute atomic E-state index is 11.9. The number of aryl methyl sites for hydroxylation is 1. The van der Waals surface area contributed by atoms with E-state index in [0.717, 1.165) is 18.4 Å². The van der Waals surface area contributed by atoms with Crippen molar-refractivity contribution in [3.05, 3.63) is 29.8 Å². The zero-order valence-corrected chi connectivity index (χ0v) is 10.8. The molecule has 0 aromatic heterocycles. The summed E-state index contributed by atoms with van der Waals surface area (Å²) in [4.78, 5) is 0.334. The van der Waals surface area contributed by atoms with Crippen LogP contribution in [0.25, 0.3) is 0 Å². The average molecular weight is 241 g/mol. The molecule has 0 aliphatic heterocycles. The number of hydrogen-bond acceptors (Lipinski definition) is 2. The van der Waals surface area contributed by atoms with Gasteiger partial charge in [0.15, 0.2) is 0 Å². The molecule has 0 spiro atoms. The van der Waals surface area contributed by atoms with Crippen LogP contribution in [0.1, 0.15) is 32.3 Å². The second-order valence-electron chi connectivity index (χ2n) is 4.12. The van der Waals surface area contributed by atoms with Crippen LogP contribution in [0.4, 0.5) is 0 Å². The standard InChI is InChI=1S/C12H19NO2S/c1-4-5-11(3)13-16(14,15)12-8-6-10(2)7-9-12/h6-9,11,13H,4-5H2,1-3H3/t11-/m0/s1. The zero-order chi connectivity index (χ0) is 12.2. The molecule has 0 unspecified atom stereocenters. The van der Waals surface area contributed by atoms with E-state index in [1.54, 1.807) is 24.3 Å². The monoisotopic (exact) mass is 241 g/mol. The first-order valence-electron chi connectivity index (χ1n) is 5.54. The third-order valence-corrected chi connectivity index (χ3v) is 4.01. The number of hydrogen-bond donors (Lipinski definition) is 1. The van der Waals surface area contributed by atoms with Gasteiger partial charge in [-0.1, -0.05) is 31.0 Å². The van der Waals surface area contributed by atoms with Gasteiger partial charge in [0.05, 0.1) is 4.90 Å². The Labute approximate surface area is 97.9 Å². The van der Waals surface area contributed by atoms with Crippen molar-refractivity contribution in [2.24, 2.45) is 0 Å². The first-order valence-corrected chi connectivity index (χ1v) is 7.03. The number of sulfonamides is 1. The Morgan fingerprint density at radius 2 is 1.81 bits per heavy atom. The predicted molar refractivity (Wildman–Crippen MR) is 65.9 cm³/mol. The average Bonchev–Trinajstić information content (AvgIpc) is 2.17. The fourth-order valence-corrected chi connectivity index (χ4v) is 2.82. The fourth-order valence-electron chi connectivity index (χ4n) is 1.54. The number of benzene rings is 1. The minimum atomic E-state index is -3.35. The van der Waals surface area contributed by atoms with E-state index in [2.05, 4.69) is 4.72 Å². The minimum absolute atomic E-state index is 0.0173. The molecule has 1 atom stereocenters. The Morgan fingerprint density at radius 1 is 1.25 bits per heavy atom. The Bertz CT molecular complexity index is 423. The Balaban J connectivity index is 2.82. The van der Waals surface area contributed by atoms with Gasteiger partial charge in [-0.15, -0.1) is 0 Å². The van der Waals surface area contributed by atoms with E-state index in [4.69, 9.17) is 0 Å². The molecule has 0 heterocycles. The van der Waals surface area contributed by atoms with Gasteiger partial charge in [-0.25, -0.2) is 13.1 Å². The summed E-state index contributed by atoms with van der Waals surface area (Å²) in [5.41, 5.74) is 1.06. The molecule has 3 nitrogen and oxygen atoms in total. The molecule has 1 aromatic carbocycles. The normalized spacial score (nSPS) is 13.7. The van der Waals surface area contributed by atoms with E-state index in [-0.39, 0.29) is 6.04 Å². The van der Waals surface area contributed by atoms with Crippen molar-refractivity contribution in [3.8, 4) is 0 Å². The molecule has 4 heteroatoms. The van der Waals surface area contributed by atoms with Crippen LogP contribution in [-0.4, -0.2) is 14.5 Å². The molecule has 16 heavy (non-hydrogen) atoms. The molecule has 0 amide bonds. The van der Waals surface area contributed by atoms with Crippen LogP contribution in [-0.2, 0) is 10.0 Å². The lowest BCUT2D eigenvalue weighted by Gasteiger charge is -2.13. The van der Waals surface area contributed by atoms with Crippen molar-refractivity contribution in [1.82, 2.24) is 4.72 Å². The van der Waals surface area contributed by atoms with Crippen molar-refractivity contribution >= 4 is 10.0 Å². The van der Waals surface area contributed by atoms with E-state index in [1.165, 1.54) is 0 Å². The van der Waals surface area contributed by atoms with Crippen LogP contribution in [0.3, 0.4) is 0 Å². The minimum Gasteiger partial charge on any atom is -0.208 e. The first-order chi connectivity index (χ1) is 7.45. The van der Waals surface area contributed by atoms with E-state index in [1.807, 2.05) is 20.8 Å². The lowest BCUT2D eigenvalue weighted by Crippen LogP contribution is -2.32. The molecule has 0 saturated carbocycles. The Kier molecular flexibility index (Phi) is 4.50. The predicted octanol–water partition coefficient (Wildman–Crippen LogP) is 2.46. The van der Waals surface area contributed by atoms with Gasteiger partial charge in [0, 0.05) is 6.04 Å². The molecule has 1 N–H and O–H groups in total. The third-order valence-electron chi connectivity index (χ3n) is 2.41. The van der Waals surface area contributed by atoms with Gasteiger partial charge in [-0.3, -0.25) is 0 Å². The SMILES string of the molecule is CCC[C@H](C)NS(=O)(=O)c1ccc(C)cc1. The van der Waals surface area contributed by atoms with Crippen LogP contribution < -0.4 is 4.72 Å². The van der Waals surface area contributed by atoms with Crippen LogP contribution in [0.5, 0.6) is 0 Å². The number of nitrogens with one attached hydrogen (secondary N) is 1. The molecule has 1 rings (SSSR count). The smallest absolute Gasteiger partial charge is 0.208 e. The summed E-state index contributed by atoms with van der Waals surface area (Å²) in [7, 11) is -3.35. The molecule has 0 bridgehead atoms. The number of rotatable bonds is 5. The maximum atomic E-state index is 11.9. The first kappa shape index (κ1) is 13.2. The molecule has 0 aliphatic carbocycles. The Morgan fingerprint density at radius 3 is 2.31 bits per heavy atom. The topological polar surface area (TPSA) is 46.2 Å². The lowest BCUT2D eigenvalue weighted by molar-refractivity contribution is 0.544. The van der Waals surface area contributed by atoms with Crippen molar-refractivity contribution in [3.63, 3.8) is 0 Å². The molecule has 1 aromatic rings. The quantitative estimate of drug-likeness (QED) is 0.860. The zero-order valence-electron chi connectivity index (χ0n) is 10.0. The van der Waals surface area contributed by atoms with Crippen molar-refractivity contribution in [1.29, 1.82) is 0 Å². The summed E-state index contributed by atoms with van der Waals surface area (Å²) >= 11 is 0. The van der Waals surface area contributed by atoms with Crippen molar-refractivity contribution < 1.29 is 8.42 Å². The second kappa shape index (κ2) is 5.46. The van der Waals surface area contributed by atoms with Gasteiger partial charge in [0.25, 0.3) is 0 Å². The maximum Gasteiger partial charge on any atom is 0.240 e. The largest absolute Gasteiger partial charge is 0.240 e. The Hall–Kier alpha value is -0.870. The van der Waals surface area contributed by atoms with E-state index >= 15 is 0 Å². The summed E-state index contributed by atoms with van der Waals surface area (Å²) in [5, 5.41) is 0. The third kappa shape index (κ3) is 3.61. The van der Waals surface area contributed by atoms with Gasteiger partial charge < -0.3 is 0 Å². The van der Waals surface area contributed by atoms with Gasteiger partial charge in [0.2, 0.25) is 10.0 Å². The summed E-state index contributed by atoms with van der Waals surface area (Å²) in [5.74, 6) is 0. The van der Waals surface area contributed by atoms with Crippen LogP contribution in [0, 0.1) is 6.92 Å². The highest BCUT2D eigenvalue weighted by Gasteiger charge is 2.16. The molecular weight excluding hydrogens is 222 g/mol. The van der Waals surface area contributed by atoms with Crippen LogP contribution in [0.2, 0.25) is 0 Å². The highest BCUT2D eigenvalue weighted by molar-refractivity contribution is 7.89. The highest BCUT2D eigenvalue weighted by Crippen LogP contribution is 2.11. The van der Waals surface area contributed by atoms with Crippen LogP contribution >= 0.6 is 0 Å². The molecule has 90 valence electrons. The van der Waals surface area contributed by atoms with Gasteiger partial charge in [0.1, 0.15) is 0 Å². The fraction of sp³-hybridized carbons (Fsp3) is 0.500. The van der Waals surface area contributed by atoms with E-state index < -0.39 is 10.0 Å². The van der Waals surface area contributed by atoms with Crippen molar-refractivity contribution in [2.75, 3.05) is 0 Å². The molecular formula is C12H19NO2S. The van der Waals surface area contributed by atoms with Gasteiger partial charge >= 0.3 is 0 Å².